The number of amides is 4. The molecule has 342 valence electrons. The highest BCUT2D eigenvalue weighted by Crippen LogP contribution is 2.42. The minimum Gasteiger partial charge on any atom is -0.464 e. The summed E-state index contributed by atoms with van der Waals surface area (Å²) in [4.78, 5) is 81.5. The number of esters is 1. The summed E-state index contributed by atoms with van der Waals surface area (Å²) in [7, 11) is 3.25. The van der Waals surface area contributed by atoms with Crippen LogP contribution >= 0.6 is 0 Å². The number of benzene rings is 1. The molecule has 0 spiro atoms. The van der Waals surface area contributed by atoms with E-state index in [1.165, 1.54) is 16.0 Å². The van der Waals surface area contributed by atoms with Crippen molar-refractivity contribution in [2.24, 2.45) is 17.3 Å². The van der Waals surface area contributed by atoms with Crippen LogP contribution in [-0.2, 0) is 52.8 Å². The van der Waals surface area contributed by atoms with E-state index in [-0.39, 0.29) is 55.8 Å². The van der Waals surface area contributed by atoms with Crippen molar-refractivity contribution in [3.63, 3.8) is 0 Å². The molecule has 0 aliphatic carbocycles. The first-order valence-corrected chi connectivity index (χ1v) is 22.4. The van der Waals surface area contributed by atoms with E-state index in [2.05, 4.69) is 60.9 Å². The highest BCUT2D eigenvalue weighted by molar-refractivity contribution is 5.96. The van der Waals surface area contributed by atoms with Crippen LogP contribution in [-0.4, -0.2) is 117 Å². The minimum atomic E-state index is -1.19. The normalized spacial score (nSPS) is 21.3. The summed E-state index contributed by atoms with van der Waals surface area (Å²) in [5, 5.41) is 5.32. The number of likely N-dealkylation sites (N-methyl/N-ethyl adjacent to an activating group) is 1. The van der Waals surface area contributed by atoms with Gasteiger partial charge in [0.25, 0.3) is 5.91 Å². The van der Waals surface area contributed by atoms with Gasteiger partial charge in [0.15, 0.2) is 5.89 Å². The SMILES string of the molecule is C=CC(=O)N1CC[C@@H](C(=O)N(C)[C@H](C(=O)N[C@H]2Cc3nc(co3)-c3ccc4c(c3)c(c(-c3cccnc3[C@H](C)OC)n4CC)CC(C)(C)COC(=O)[C@@H]3CCCN(N3)C2=O)C(C)C)C1. The Hall–Kier alpha value is -5.87. The van der Waals surface area contributed by atoms with E-state index < -0.39 is 47.2 Å². The molecule has 4 aromatic rings. The molecule has 5 atom stereocenters. The first-order chi connectivity index (χ1) is 30.5. The second kappa shape index (κ2) is 19.1. The second-order valence-electron chi connectivity index (χ2n) is 18.4. The molecule has 3 aliphatic rings. The van der Waals surface area contributed by atoms with Crippen molar-refractivity contribution in [1.29, 1.82) is 0 Å². The van der Waals surface area contributed by atoms with Gasteiger partial charge in [-0.25, -0.2) is 10.4 Å². The summed E-state index contributed by atoms with van der Waals surface area (Å²) in [5.41, 5.74) is 8.77. The summed E-state index contributed by atoms with van der Waals surface area (Å²) in [5.74, 6) is -2.62. The van der Waals surface area contributed by atoms with Crippen LogP contribution < -0.4 is 10.7 Å². The summed E-state index contributed by atoms with van der Waals surface area (Å²) >= 11 is 0. The number of hydrogen-bond donors (Lipinski definition) is 2. The molecule has 6 bridgehead atoms. The monoisotopic (exact) mass is 878 g/mol. The third-order valence-corrected chi connectivity index (χ3v) is 12.8. The Kier molecular flexibility index (Phi) is 13.8. The second-order valence-corrected chi connectivity index (χ2v) is 18.4. The number of carbonyl (C=O) groups is 5. The molecule has 2 fully saturated rings. The third kappa shape index (κ3) is 9.34. The number of hydrogen-bond acceptors (Lipinski definition) is 11. The van der Waals surface area contributed by atoms with Crippen LogP contribution in [0.25, 0.3) is 33.4 Å². The van der Waals surface area contributed by atoms with E-state index in [0.29, 0.717) is 44.5 Å². The summed E-state index contributed by atoms with van der Waals surface area (Å²) in [6.07, 6.45) is 6.15. The van der Waals surface area contributed by atoms with E-state index in [1.807, 2.05) is 32.9 Å². The number of nitrogens with one attached hydrogen (secondary N) is 2. The molecule has 16 heteroatoms. The number of hydrazine groups is 1. The Labute approximate surface area is 374 Å². The number of ether oxygens (including phenoxy) is 2. The van der Waals surface area contributed by atoms with Crippen LogP contribution in [0.1, 0.15) is 84.1 Å². The average Bonchev–Trinajstić information content (AvgIpc) is 4.05. The lowest BCUT2D eigenvalue weighted by molar-refractivity contribution is -0.155. The molecule has 16 nitrogen and oxygen atoms in total. The number of nitrogens with zero attached hydrogens (tertiary/aromatic N) is 6. The summed E-state index contributed by atoms with van der Waals surface area (Å²) < 4.78 is 20.2. The van der Waals surface area contributed by atoms with Crippen molar-refractivity contribution in [3.05, 3.63) is 72.6 Å². The van der Waals surface area contributed by atoms with Crippen LogP contribution in [0.15, 0.2) is 59.9 Å². The van der Waals surface area contributed by atoms with E-state index in [0.717, 1.165) is 39.0 Å². The van der Waals surface area contributed by atoms with Crippen molar-refractivity contribution in [2.45, 2.75) is 104 Å². The maximum absolute atomic E-state index is 14.5. The molecule has 0 radical (unpaired) electrons. The van der Waals surface area contributed by atoms with E-state index in [4.69, 9.17) is 23.9 Å². The Morgan fingerprint density at radius 1 is 1.14 bits per heavy atom. The molecule has 7 rings (SSSR count). The highest BCUT2D eigenvalue weighted by Gasteiger charge is 2.40. The van der Waals surface area contributed by atoms with Crippen molar-refractivity contribution < 1.29 is 37.9 Å². The van der Waals surface area contributed by atoms with Crippen LogP contribution in [0, 0.1) is 17.3 Å². The topological polar surface area (TPSA) is 181 Å². The van der Waals surface area contributed by atoms with Gasteiger partial charge in [-0.3, -0.25) is 34.0 Å². The lowest BCUT2D eigenvalue weighted by Crippen LogP contribution is -2.62. The minimum absolute atomic E-state index is 0.110. The van der Waals surface area contributed by atoms with Gasteiger partial charge in [-0.2, -0.15) is 0 Å². The fraction of sp³-hybridized carbons (Fsp3) is 0.521. The zero-order valence-corrected chi connectivity index (χ0v) is 38.3. The number of methoxy groups -OCH3 is 1. The van der Waals surface area contributed by atoms with Gasteiger partial charge in [0.2, 0.25) is 17.7 Å². The Balaban J connectivity index is 1.27. The Morgan fingerprint density at radius 2 is 1.92 bits per heavy atom. The number of cyclic esters (lactones) is 1. The van der Waals surface area contributed by atoms with Crippen LogP contribution in [0.3, 0.4) is 0 Å². The van der Waals surface area contributed by atoms with Crippen LogP contribution in [0.4, 0.5) is 0 Å². The number of rotatable bonds is 10. The van der Waals surface area contributed by atoms with Gasteiger partial charge in [-0.15, -0.1) is 0 Å². The molecular weight excluding hydrogens is 817 g/mol. The maximum Gasteiger partial charge on any atom is 0.324 e. The molecule has 6 heterocycles. The van der Waals surface area contributed by atoms with Gasteiger partial charge in [0, 0.05) is 74.0 Å². The van der Waals surface area contributed by atoms with E-state index >= 15 is 0 Å². The van der Waals surface area contributed by atoms with Crippen molar-refractivity contribution in [2.75, 3.05) is 40.4 Å². The smallest absolute Gasteiger partial charge is 0.324 e. The molecule has 3 aliphatic heterocycles. The first-order valence-electron chi connectivity index (χ1n) is 22.4. The number of pyridine rings is 1. The Morgan fingerprint density at radius 3 is 2.64 bits per heavy atom. The van der Waals surface area contributed by atoms with Crippen molar-refractivity contribution in [1.82, 2.24) is 40.1 Å². The lowest BCUT2D eigenvalue weighted by Gasteiger charge is -2.36. The van der Waals surface area contributed by atoms with Gasteiger partial charge in [-0.1, -0.05) is 40.3 Å². The third-order valence-electron chi connectivity index (χ3n) is 12.8. The molecule has 3 aromatic heterocycles. The van der Waals surface area contributed by atoms with Gasteiger partial charge >= 0.3 is 5.97 Å². The fourth-order valence-electron chi connectivity index (χ4n) is 9.46. The zero-order valence-electron chi connectivity index (χ0n) is 38.3. The highest BCUT2D eigenvalue weighted by atomic mass is 16.5. The predicted molar refractivity (Wildman–Crippen MR) is 240 cm³/mol. The average molecular weight is 879 g/mol. The molecule has 1 aromatic carbocycles. The van der Waals surface area contributed by atoms with Crippen LogP contribution in [0.5, 0.6) is 0 Å². The van der Waals surface area contributed by atoms with Crippen molar-refractivity contribution >= 4 is 40.5 Å². The van der Waals surface area contributed by atoms with Gasteiger partial charge in [0.1, 0.15) is 30.1 Å². The van der Waals surface area contributed by atoms with E-state index in [1.54, 1.807) is 31.5 Å². The molecule has 4 amide bonds. The number of aryl methyl sites for hydroxylation is 1. The largest absolute Gasteiger partial charge is 0.464 e. The summed E-state index contributed by atoms with van der Waals surface area (Å²) in [6.45, 7) is 17.2. The van der Waals surface area contributed by atoms with E-state index in [9.17, 15) is 24.0 Å². The standard InChI is InChI=1S/C48H62N8O8/c1-10-40(57)54-21-18-31(25-54)45(59)53(8)42(28(3)4)44(58)51-36-23-39-50-37(26-63-39)30-16-17-38-33(22-30)34(43(55(38)11-2)32-14-12-19-49-41(32)29(5)62-9)24-48(6,7)27-64-47(61)35-15-13-20-56(52-35)46(36)60/h10,12,14,16-17,19,22,26,28-29,31,35-36,42,52H,1,11,13,15,18,20-21,23-25,27H2,2-9H3,(H,51,58)/t29-,31+,35-,36-,42-/m0/s1. The summed E-state index contributed by atoms with van der Waals surface area (Å²) in [6, 6.07) is 7.24. The fourth-order valence-corrected chi connectivity index (χ4v) is 9.46. The number of oxazole rings is 1. The van der Waals surface area contributed by atoms with Crippen molar-refractivity contribution in [3.8, 4) is 22.5 Å². The quantitative estimate of drug-likeness (QED) is 0.157. The Bertz CT molecular complexity index is 2420. The maximum atomic E-state index is 14.5. The predicted octanol–water partition coefficient (Wildman–Crippen LogP) is 5.25. The molecule has 2 N–H and O–H groups in total. The number of aromatic nitrogens is 3. The number of fused-ring (bicyclic) bond motifs is 6. The molecule has 64 heavy (non-hydrogen) atoms. The lowest BCUT2D eigenvalue weighted by atomic mass is 9.84. The molecule has 2 saturated heterocycles. The molecular formula is C48H62N8O8. The van der Waals surface area contributed by atoms with Gasteiger partial charge in [-0.05, 0) is 81.4 Å². The number of likely N-dealkylation sites (tertiary alicyclic amines) is 1. The van der Waals surface area contributed by atoms with Gasteiger partial charge < -0.3 is 33.6 Å². The number of carbonyl (C=O) groups excluding carboxylic acids is 5. The first kappa shape index (κ1) is 46.1. The van der Waals surface area contributed by atoms with Crippen LogP contribution in [0.2, 0.25) is 0 Å². The molecule has 0 saturated carbocycles. The zero-order chi connectivity index (χ0) is 46.0. The molecule has 0 unspecified atom stereocenters. The van der Waals surface area contributed by atoms with Gasteiger partial charge in [0.05, 0.1) is 36.4 Å².